The van der Waals surface area contributed by atoms with Gasteiger partial charge in [-0.2, -0.15) is 13.2 Å². The van der Waals surface area contributed by atoms with Crippen molar-refractivity contribution < 1.29 is 18.0 Å². The maximum atomic E-state index is 14.7. The van der Waals surface area contributed by atoms with Crippen LogP contribution in [0.1, 0.15) is 67.4 Å². The number of para-hydroxylation sites is 1. The summed E-state index contributed by atoms with van der Waals surface area (Å²) in [7, 11) is 0. The molecule has 0 aliphatic carbocycles. The van der Waals surface area contributed by atoms with Crippen LogP contribution >= 0.6 is 11.3 Å². The molecule has 3 heterocycles. The molecular weight excluding hydrogens is 597 g/mol. The average Bonchev–Trinajstić information content (AvgIpc) is 3.50. The molecule has 238 valence electrons. The number of nitrogens with one attached hydrogen (secondary N) is 1. The standard InChI is InChI=1S/C35H39F3N4O2S/c1-6-23-9-8-10-24(7-2)31(23)42-30(17-21(3)4)27(33(43)41-16-15-39-22(5)19-41)18-28(34(42)44)32-40-29(20-45-32)25-11-13-26(14-12-25)35(36,37)38/h8-14,18,20-22,39H,6-7,15-17,19H2,1-5H3/t22-/m0/s1. The third-order valence-corrected chi connectivity index (χ3v) is 9.10. The molecule has 2 aromatic heterocycles. The Kier molecular flexibility index (Phi) is 9.65. The summed E-state index contributed by atoms with van der Waals surface area (Å²) in [6, 6.07) is 12.7. The Balaban J connectivity index is 1.75. The van der Waals surface area contributed by atoms with Gasteiger partial charge in [0.1, 0.15) is 5.01 Å². The number of hydrogen-bond donors (Lipinski definition) is 1. The van der Waals surface area contributed by atoms with Crippen molar-refractivity contribution >= 4 is 17.2 Å². The zero-order valence-electron chi connectivity index (χ0n) is 26.3. The number of carbonyl (C=O) groups is 1. The fourth-order valence-corrected chi connectivity index (χ4v) is 6.80. The van der Waals surface area contributed by atoms with E-state index in [9.17, 15) is 22.8 Å². The molecule has 0 saturated carbocycles. The summed E-state index contributed by atoms with van der Waals surface area (Å²) in [5, 5.41) is 5.54. The lowest BCUT2D eigenvalue weighted by Gasteiger charge is -2.33. The van der Waals surface area contributed by atoms with Crippen molar-refractivity contribution in [2.45, 2.75) is 66.1 Å². The lowest BCUT2D eigenvalue weighted by atomic mass is 9.96. The van der Waals surface area contributed by atoms with E-state index in [-0.39, 0.29) is 23.4 Å². The monoisotopic (exact) mass is 636 g/mol. The Labute approximate surface area is 265 Å². The number of carbonyl (C=O) groups excluding carboxylic acids is 1. The molecule has 1 aliphatic rings. The normalized spacial score (nSPS) is 15.6. The fourth-order valence-electron chi connectivity index (χ4n) is 5.97. The second-order valence-corrected chi connectivity index (χ2v) is 12.9. The van der Waals surface area contributed by atoms with Gasteiger partial charge in [0.15, 0.2) is 0 Å². The summed E-state index contributed by atoms with van der Waals surface area (Å²) in [5.74, 6) is 0.0422. The molecule has 2 aromatic carbocycles. The van der Waals surface area contributed by atoms with Crippen LogP contribution in [0.3, 0.4) is 0 Å². The molecule has 1 N–H and O–H groups in total. The third kappa shape index (κ3) is 6.77. The number of benzene rings is 2. The van der Waals surface area contributed by atoms with E-state index in [0.717, 1.165) is 28.9 Å². The topological polar surface area (TPSA) is 67.2 Å². The molecule has 1 amide bonds. The Morgan fingerprint density at radius 1 is 1.09 bits per heavy atom. The van der Waals surface area contributed by atoms with E-state index in [1.807, 2.05) is 30.0 Å². The highest BCUT2D eigenvalue weighted by Crippen LogP contribution is 2.34. The van der Waals surface area contributed by atoms with Crippen molar-refractivity contribution in [3.63, 3.8) is 0 Å². The minimum atomic E-state index is -4.44. The average molecular weight is 637 g/mol. The molecule has 1 aliphatic heterocycles. The Morgan fingerprint density at radius 2 is 1.76 bits per heavy atom. The number of pyridine rings is 1. The molecule has 10 heteroatoms. The van der Waals surface area contributed by atoms with Crippen molar-refractivity contribution in [2.75, 3.05) is 19.6 Å². The molecule has 45 heavy (non-hydrogen) atoms. The molecule has 1 saturated heterocycles. The second kappa shape index (κ2) is 13.3. The van der Waals surface area contributed by atoms with E-state index in [2.05, 4.69) is 33.0 Å². The Morgan fingerprint density at radius 3 is 2.33 bits per heavy atom. The largest absolute Gasteiger partial charge is 0.416 e. The summed E-state index contributed by atoms with van der Waals surface area (Å²) in [5.41, 5.74) is 4.27. The van der Waals surface area contributed by atoms with Crippen molar-refractivity contribution in [1.82, 2.24) is 19.8 Å². The van der Waals surface area contributed by atoms with Gasteiger partial charge in [-0.25, -0.2) is 4.98 Å². The molecule has 6 nitrogen and oxygen atoms in total. The van der Waals surface area contributed by atoms with Gasteiger partial charge in [0.25, 0.3) is 11.5 Å². The smallest absolute Gasteiger partial charge is 0.336 e. The molecule has 1 fully saturated rings. The first-order chi connectivity index (χ1) is 21.4. The highest BCUT2D eigenvalue weighted by atomic mass is 32.1. The van der Waals surface area contributed by atoms with E-state index < -0.39 is 11.7 Å². The van der Waals surface area contributed by atoms with Crippen LogP contribution in [-0.2, 0) is 25.4 Å². The van der Waals surface area contributed by atoms with Crippen LogP contribution in [0.5, 0.6) is 0 Å². The maximum absolute atomic E-state index is 14.7. The van der Waals surface area contributed by atoms with Crippen LogP contribution in [0.4, 0.5) is 13.2 Å². The summed E-state index contributed by atoms with van der Waals surface area (Å²) in [6.07, 6.45) is -2.51. The Bertz CT molecular complexity index is 1720. The summed E-state index contributed by atoms with van der Waals surface area (Å²) < 4.78 is 41.2. The van der Waals surface area contributed by atoms with E-state index in [1.54, 1.807) is 16.0 Å². The van der Waals surface area contributed by atoms with Gasteiger partial charge in [-0.1, -0.05) is 58.0 Å². The van der Waals surface area contributed by atoms with E-state index in [4.69, 9.17) is 4.98 Å². The molecule has 1 atom stereocenters. The molecule has 0 bridgehead atoms. The van der Waals surface area contributed by atoms with Crippen molar-refractivity contribution in [3.8, 4) is 27.5 Å². The van der Waals surface area contributed by atoms with E-state index >= 15 is 0 Å². The molecule has 4 aromatic rings. The molecule has 5 rings (SSSR count). The number of nitrogens with zero attached hydrogens (tertiary/aromatic N) is 3. The maximum Gasteiger partial charge on any atom is 0.416 e. The Hall–Kier alpha value is -3.76. The summed E-state index contributed by atoms with van der Waals surface area (Å²) in [6.45, 7) is 12.1. The van der Waals surface area contributed by atoms with Gasteiger partial charge >= 0.3 is 6.18 Å². The number of aryl methyl sites for hydroxylation is 2. The summed E-state index contributed by atoms with van der Waals surface area (Å²) >= 11 is 1.24. The van der Waals surface area contributed by atoms with Crippen LogP contribution in [0.2, 0.25) is 0 Å². The van der Waals surface area contributed by atoms with E-state index in [0.29, 0.717) is 72.0 Å². The van der Waals surface area contributed by atoms with Crippen molar-refractivity contribution in [2.24, 2.45) is 5.92 Å². The van der Waals surface area contributed by atoms with Crippen LogP contribution < -0.4 is 10.9 Å². The predicted molar refractivity (Wildman–Crippen MR) is 174 cm³/mol. The number of rotatable bonds is 8. The van der Waals surface area contributed by atoms with E-state index in [1.165, 1.54) is 23.5 Å². The fraction of sp³-hybridized carbons (Fsp3) is 0.400. The number of amides is 1. The quantitative estimate of drug-likeness (QED) is 0.219. The number of hydrogen-bond acceptors (Lipinski definition) is 5. The first-order valence-corrected chi connectivity index (χ1v) is 16.4. The zero-order valence-corrected chi connectivity index (χ0v) is 27.1. The van der Waals surface area contributed by atoms with Gasteiger partial charge in [-0.15, -0.1) is 11.3 Å². The number of piperazine rings is 1. The first kappa shape index (κ1) is 32.6. The third-order valence-electron chi connectivity index (χ3n) is 8.22. The van der Waals surface area contributed by atoms with Gasteiger partial charge in [-0.3, -0.25) is 14.2 Å². The van der Waals surface area contributed by atoms with Crippen molar-refractivity contribution in [3.05, 3.63) is 92.2 Å². The number of halogens is 3. The first-order valence-electron chi connectivity index (χ1n) is 15.5. The molecule has 0 spiro atoms. The van der Waals surface area contributed by atoms with Crippen LogP contribution in [0, 0.1) is 5.92 Å². The predicted octanol–water partition coefficient (Wildman–Crippen LogP) is 7.40. The van der Waals surface area contributed by atoms with Crippen LogP contribution in [0.25, 0.3) is 27.5 Å². The van der Waals surface area contributed by atoms with Gasteiger partial charge in [0.2, 0.25) is 0 Å². The SMILES string of the molecule is CCc1cccc(CC)c1-n1c(CC(C)C)c(C(=O)N2CCN[C@@H](C)C2)cc(-c2nc(-c3ccc(C(F)(F)F)cc3)cs2)c1=O. The minimum Gasteiger partial charge on any atom is -0.336 e. The van der Waals surface area contributed by atoms with Crippen LogP contribution in [0.15, 0.2) is 58.7 Å². The minimum absolute atomic E-state index is 0.124. The molecule has 0 unspecified atom stereocenters. The van der Waals surface area contributed by atoms with Gasteiger partial charge in [0.05, 0.1) is 28.1 Å². The highest BCUT2D eigenvalue weighted by molar-refractivity contribution is 7.13. The van der Waals surface area contributed by atoms with Gasteiger partial charge < -0.3 is 10.2 Å². The molecular formula is C35H39F3N4O2S. The molecule has 0 radical (unpaired) electrons. The lowest BCUT2D eigenvalue weighted by molar-refractivity contribution is -0.137. The number of thiazole rings is 1. The van der Waals surface area contributed by atoms with Gasteiger partial charge in [0, 0.05) is 42.3 Å². The highest BCUT2D eigenvalue weighted by Gasteiger charge is 2.31. The van der Waals surface area contributed by atoms with Crippen LogP contribution in [-0.4, -0.2) is 46.0 Å². The lowest BCUT2D eigenvalue weighted by Crippen LogP contribution is -2.51. The second-order valence-electron chi connectivity index (χ2n) is 12.0. The number of aromatic nitrogens is 2. The van der Waals surface area contributed by atoms with Gasteiger partial charge in [-0.05, 0) is 61.4 Å². The summed E-state index contributed by atoms with van der Waals surface area (Å²) in [4.78, 5) is 35.6. The number of alkyl halides is 3. The van der Waals surface area contributed by atoms with Crippen molar-refractivity contribution in [1.29, 1.82) is 0 Å². The zero-order chi connectivity index (χ0) is 32.5.